The molecule has 4 atom stereocenters. The van der Waals surface area contributed by atoms with Crippen LogP contribution in [0.25, 0.3) is 0 Å². The molecular weight excluding hydrogens is 238 g/mol. The van der Waals surface area contributed by atoms with E-state index in [1.807, 2.05) is 18.2 Å². The first-order valence-corrected chi connectivity index (χ1v) is 7.36. The van der Waals surface area contributed by atoms with Crippen molar-refractivity contribution in [1.82, 2.24) is 0 Å². The van der Waals surface area contributed by atoms with Gasteiger partial charge in [-0.05, 0) is 24.5 Å². The number of benzene rings is 1. The van der Waals surface area contributed by atoms with E-state index in [0.717, 1.165) is 12.1 Å². The second kappa shape index (κ2) is 4.80. The average Bonchev–Trinajstić information content (AvgIpc) is 2.72. The van der Waals surface area contributed by atoms with Crippen molar-refractivity contribution in [1.29, 1.82) is 0 Å². The lowest BCUT2D eigenvalue weighted by Crippen LogP contribution is -2.46. The van der Waals surface area contributed by atoms with Gasteiger partial charge in [-0.3, -0.25) is 0 Å². The van der Waals surface area contributed by atoms with E-state index in [2.05, 4.69) is 30.9 Å². The van der Waals surface area contributed by atoms with Crippen molar-refractivity contribution in [2.45, 2.75) is 45.1 Å². The number of ether oxygens (including phenoxy) is 1. The lowest BCUT2D eigenvalue weighted by Gasteiger charge is -2.39. The predicted molar refractivity (Wildman–Crippen MR) is 75.8 cm³/mol. The maximum absolute atomic E-state index is 10.8. The van der Waals surface area contributed by atoms with Crippen LogP contribution in [0.5, 0.6) is 0 Å². The van der Waals surface area contributed by atoms with E-state index >= 15 is 0 Å². The Hall–Kier alpha value is -1.06. The zero-order chi connectivity index (χ0) is 13.5. The highest BCUT2D eigenvalue weighted by atomic mass is 16.7. The number of β-amino-alcohol motifs (C(OH)–C–C–N with tert-alkyl or cyclic N) is 1. The third-order valence-corrected chi connectivity index (χ3v) is 4.75. The number of fused-ring (bicyclic) bond motifs is 2. The van der Waals surface area contributed by atoms with Gasteiger partial charge in [0, 0.05) is 11.6 Å². The average molecular weight is 261 g/mol. The molecule has 2 heterocycles. The van der Waals surface area contributed by atoms with E-state index in [0.29, 0.717) is 12.5 Å². The quantitative estimate of drug-likeness (QED) is 0.908. The van der Waals surface area contributed by atoms with Gasteiger partial charge in [-0.25, -0.2) is 0 Å². The van der Waals surface area contributed by atoms with Crippen LogP contribution in [-0.2, 0) is 4.74 Å². The third-order valence-electron chi connectivity index (χ3n) is 4.75. The van der Waals surface area contributed by atoms with Crippen LogP contribution in [0.4, 0.5) is 5.69 Å². The number of nitrogens with zero attached hydrogens (tertiary/aromatic N) is 1. The maximum atomic E-state index is 10.8. The summed E-state index contributed by atoms with van der Waals surface area (Å²) >= 11 is 0. The highest BCUT2D eigenvalue weighted by Crippen LogP contribution is 2.46. The van der Waals surface area contributed by atoms with Gasteiger partial charge in [0.25, 0.3) is 0 Å². The smallest absolute Gasteiger partial charge is 0.188 e. The molecule has 0 amide bonds. The fourth-order valence-corrected chi connectivity index (χ4v) is 3.56. The van der Waals surface area contributed by atoms with Crippen molar-refractivity contribution in [3.05, 3.63) is 30.3 Å². The Morgan fingerprint density at radius 3 is 2.79 bits per heavy atom. The van der Waals surface area contributed by atoms with Gasteiger partial charge in [0.15, 0.2) is 5.79 Å². The van der Waals surface area contributed by atoms with Crippen molar-refractivity contribution >= 4 is 5.69 Å². The molecule has 0 aliphatic carbocycles. The molecular formula is C16H23NO2. The van der Waals surface area contributed by atoms with Gasteiger partial charge < -0.3 is 14.7 Å². The fraction of sp³-hybridized carbons (Fsp3) is 0.625. The number of hydrogen-bond donors (Lipinski definition) is 1. The van der Waals surface area contributed by atoms with Crippen LogP contribution >= 0.6 is 0 Å². The Morgan fingerprint density at radius 1 is 1.37 bits per heavy atom. The summed E-state index contributed by atoms with van der Waals surface area (Å²) in [4.78, 5) is 2.21. The lowest BCUT2D eigenvalue weighted by molar-refractivity contribution is -0.252. The van der Waals surface area contributed by atoms with Crippen LogP contribution in [0.3, 0.4) is 0 Å². The SMILES string of the molecule is CCC[C@@H]1C[C@@H]2O[C@@](O)(CN2c2ccccc2)[C@@H]1C. The van der Waals surface area contributed by atoms with E-state index in [1.165, 1.54) is 12.8 Å². The minimum absolute atomic E-state index is 0.0279. The Bertz CT molecular complexity index is 436. The molecule has 3 rings (SSSR count). The highest BCUT2D eigenvalue weighted by molar-refractivity contribution is 5.48. The number of para-hydroxylation sites is 1. The summed E-state index contributed by atoms with van der Waals surface area (Å²) in [5.74, 6) is -0.210. The van der Waals surface area contributed by atoms with Crippen molar-refractivity contribution in [2.75, 3.05) is 11.4 Å². The summed E-state index contributed by atoms with van der Waals surface area (Å²) in [6.45, 7) is 4.93. The number of rotatable bonds is 3. The predicted octanol–water partition coefficient (Wildman–Crippen LogP) is 2.99. The molecule has 0 unspecified atom stereocenters. The molecule has 2 saturated heterocycles. The molecule has 19 heavy (non-hydrogen) atoms. The van der Waals surface area contributed by atoms with Crippen molar-refractivity contribution < 1.29 is 9.84 Å². The monoisotopic (exact) mass is 261 g/mol. The highest BCUT2D eigenvalue weighted by Gasteiger charge is 2.54. The molecule has 1 aromatic carbocycles. The second-order valence-electron chi connectivity index (χ2n) is 5.95. The standard InChI is InChI=1S/C16H23NO2/c1-3-7-13-10-15-17(14-8-5-4-6-9-14)11-16(18,19-15)12(13)2/h4-6,8-9,12-13,15,18H,3,7,10-11H2,1-2H3/t12-,13-,15+,16+/m1/s1. The van der Waals surface area contributed by atoms with Gasteiger partial charge >= 0.3 is 0 Å². The molecule has 2 aliphatic rings. The van der Waals surface area contributed by atoms with E-state index in [1.54, 1.807) is 0 Å². The molecule has 2 aliphatic heterocycles. The number of aliphatic hydroxyl groups is 1. The van der Waals surface area contributed by atoms with E-state index in [4.69, 9.17) is 4.74 Å². The topological polar surface area (TPSA) is 32.7 Å². The molecule has 1 N–H and O–H groups in total. The minimum Gasteiger partial charge on any atom is -0.364 e. The summed E-state index contributed by atoms with van der Waals surface area (Å²) in [5, 5.41) is 10.8. The van der Waals surface area contributed by atoms with Crippen LogP contribution in [0.2, 0.25) is 0 Å². The van der Waals surface area contributed by atoms with Crippen LogP contribution in [-0.4, -0.2) is 23.7 Å². The maximum Gasteiger partial charge on any atom is 0.188 e. The van der Waals surface area contributed by atoms with Crippen LogP contribution < -0.4 is 4.90 Å². The minimum atomic E-state index is -0.974. The fourth-order valence-electron chi connectivity index (χ4n) is 3.56. The molecule has 0 aromatic heterocycles. The molecule has 0 radical (unpaired) electrons. The van der Waals surface area contributed by atoms with Crippen molar-refractivity contribution in [2.24, 2.45) is 11.8 Å². The third kappa shape index (κ3) is 2.15. The Labute approximate surface area is 115 Å². The number of anilines is 1. The zero-order valence-electron chi connectivity index (χ0n) is 11.7. The van der Waals surface area contributed by atoms with Crippen molar-refractivity contribution in [3.8, 4) is 0 Å². The van der Waals surface area contributed by atoms with Gasteiger partial charge in [-0.2, -0.15) is 0 Å². The Kier molecular flexibility index (Phi) is 3.27. The van der Waals surface area contributed by atoms with E-state index in [9.17, 15) is 5.11 Å². The van der Waals surface area contributed by atoms with Gasteiger partial charge in [0.05, 0.1) is 6.54 Å². The zero-order valence-corrected chi connectivity index (χ0v) is 11.7. The molecule has 2 bridgehead atoms. The van der Waals surface area contributed by atoms with Crippen LogP contribution in [0.1, 0.15) is 33.1 Å². The van der Waals surface area contributed by atoms with E-state index in [-0.39, 0.29) is 12.1 Å². The summed E-state index contributed by atoms with van der Waals surface area (Å²) in [6, 6.07) is 10.3. The molecule has 0 spiro atoms. The molecule has 3 heteroatoms. The molecule has 0 saturated carbocycles. The van der Waals surface area contributed by atoms with Gasteiger partial charge in [0.2, 0.25) is 0 Å². The first kappa shape index (κ1) is 12.9. The van der Waals surface area contributed by atoms with Crippen LogP contribution in [0, 0.1) is 11.8 Å². The second-order valence-corrected chi connectivity index (χ2v) is 5.95. The Balaban J connectivity index is 1.85. The van der Waals surface area contributed by atoms with Gasteiger partial charge in [0.1, 0.15) is 6.23 Å². The number of hydrogen-bond acceptors (Lipinski definition) is 3. The van der Waals surface area contributed by atoms with Gasteiger partial charge in [-0.1, -0.05) is 44.9 Å². The first-order valence-electron chi connectivity index (χ1n) is 7.36. The summed E-state index contributed by atoms with van der Waals surface area (Å²) < 4.78 is 5.92. The Morgan fingerprint density at radius 2 is 2.11 bits per heavy atom. The van der Waals surface area contributed by atoms with Crippen molar-refractivity contribution in [3.63, 3.8) is 0 Å². The lowest BCUT2D eigenvalue weighted by atomic mass is 9.80. The molecule has 3 nitrogen and oxygen atoms in total. The summed E-state index contributed by atoms with van der Waals surface area (Å²) in [6.07, 6.45) is 3.39. The van der Waals surface area contributed by atoms with Gasteiger partial charge in [-0.15, -0.1) is 0 Å². The summed E-state index contributed by atoms with van der Waals surface area (Å²) in [7, 11) is 0. The first-order chi connectivity index (χ1) is 9.14. The molecule has 2 fully saturated rings. The molecule has 1 aromatic rings. The largest absolute Gasteiger partial charge is 0.364 e. The molecule has 104 valence electrons. The summed E-state index contributed by atoms with van der Waals surface area (Å²) in [5.41, 5.74) is 1.15. The normalized spacial score (nSPS) is 37.6. The van der Waals surface area contributed by atoms with E-state index < -0.39 is 5.79 Å². The van der Waals surface area contributed by atoms with Crippen LogP contribution in [0.15, 0.2) is 30.3 Å².